The van der Waals surface area contributed by atoms with E-state index in [-0.39, 0.29) is 6.04 Å². The second-order valence-electron chi connectivity index (χ2n) is 4.76. The topological polar surface area (TPSA) is 60.6 Å². The second kappa shape index (κ2) is 5.78. The SMILES string of the molecule is CN(Cc1cscn1)C(CN)c1ccc2c(c1)OCO2. The number of benzene rings is 1. The highest BCUT2D eigenvalue weighted by Gasteiger charge is 2.20. The van der Waals surface area contributed by atoms with Gasteiger partial charge in [-0.2, -0.15) is 0 Å². The number of rotatable bonds is 5. The molecule has 3 rings (SSSR count). The first-order valence-electron chi connectivity index (χ1n) is 6.45. The Balaban J connectivity index is 1.78. The molecule has 1 aromatic heterocycles. The van der Waals surface area contributed by atoms with Crippen LogP contribution in [0.25, 0.3) is 0 Å². The molecule has 1 aromatic carbocycles. The minimum Gasteiger partial charge on any atom is -0.454 e. The van der Waals surface area contributed by atoms with Crippen molar-refractivity contribution in [1.29, 1.82) is 0 Å². The van der Waals surface area contributed by atoms with Crippen molar-refractivity contribution < 1.29 is 9.47 Å². The van der Waals surface area contributed by atoms with Crippen LogP contribution >= 0.6 is 11.3 Å². The number of aromatic nitrogens is 1. The standard InChI is InChI=1S/C14H17N3O2S/c1-17(6-11-7-20-8-16-11)12(5-15)10-2-3-13-14(4-10)19-9-18-13/h2-4,7-8,12H,5-6,9,15H2,1H3. The van der Waals surface area contributed by atoms with Crippen LogP contribution in [0.4, 0.5) is 0 Å². The van der Waals surface area contributed by atoms with Gasteiger partial charge >= 0.3 is 0 Å². The third-order valence-corrected chi connectivity index (χ3v) is 4.07. The van der Waals surface area contributed by atoms with Crippen LogP contribution < -0.4 is 15.2 Å². The fourth-order valence-electron chi connectivity index (χ4n) is 2.37. The molecule has 2 aromatic rings. The Labute approximate surface area is 121 Å². The van der Waals surface area contributed by atoms with Gasteiger partial charge in [0.05, 0.1) is 11.2 Å². The van der Waals surface area contributed by atoms with Gasteiger partial charge in [-0.1, -0.05) is 6.07 Å². The van der Waals surface area contributed by atoms with Crippen molar-refractivity contribution in [2.45, 2.75) is 12.6 Å². The van der Waals surface area contributed by atoms with Crippen LogP contribution in [0.2, 0.25) is 0 Å². The fraction of sp³-hybridized carbons (Fsp3) is 0.357. The maximum Gasteiger partial charge on any atom is 0.231 e. The summed E-state index contributed by atoms with van der Waals surface area (Å²) in [5.74, 6) is 1.59. The predicted molar refractivity (Wildman–Crippen MR) is 77.9 cm³/mol. The van der Waals surface area contributed by atoms with Gasteiger partial charge in [0.15, 0.2) is 11.5 Å². The van der Waals surface area contributed by atoms with Crippen LogP contribution in [0.1, 0.15) is 17.3 Å². The summed E-state index contributed by atoms with van der Waals surface area (Å²) in [7, 11) is 2.06. The first kappa shape index (κ1) is 13.4. The molecule has 1 atom stereocenters. The summed E-state index contributed by atoms with van der Waals surface area (Å²) in [6.07, 6.45) is 0. The summed E-state index contributed by atoms with van der Waals surface area (Å²) >= 11 is 1.61. The van der Waals surface area contributed by atoms with Crippen molar-refractivity contribution in [2.24, 2.45) is 5.73 Å². The van der Waals surface area contributed by atoms with Crippen molar-refractivity contribution >= 4 is 11.3 Å². The number of hydrogen-bond donors (Lipinski definition) is 1. The maximum absolute atomic E-state index is 5.95. The van der Waals surface area contributed by atoms with E-state index in [0.717, 1.165) is 29.3 Å². The molecular formula is C14H17N3O2S. The van der Waals surface area contributed by atoms with Crippen LogP contribution in [0.3, 0.4) is 0 Å². The van der Waals surface area contributed by atoms with E-state index in [9.17, 15) is 0 Å². The lowest BCUT2D eigenvalue weighted by molar-refractivity contribution is 0.173. The average Bonchev–Trinajstić information content (AvgIpc) is 3.09. The molecule has 2 N–H and O–H groups in total. The number of nitrogens with zero attached hydrogens (tertiary/aromatic N) is 2. The summed E-state index contributed by atoms with van der Waals surface area (Å²) < 4.78 is 10.8. The molecular weight excluding hydrogens is 274 g/mol. The number of nitrogens with two attached hydrogens (primary N) is 1. The van der Waals surface area contributed by atoms with Gasteiger partial charge < -0.3 is 15.2 Å². The van der Waals surface area contributed by atoms with Crippen molar-refractivity contribution in [3.63, 3.8) is 0 Å². The normalized spacial score (nSPS) is 14.8. The molecule has 1 aliphatic rings. The summed E-state index contributed by atoms with van der Waals surface area (Å²) in [4.78, 5) is 6.52. The van der Waals surface area contributed by atoms with E-state index in [1.165, 1.54) is 0 Å². The molecule has 0 radical (unpaired) electrons. The molecule has 6 heteroatoms. The molecule has 0 saturated carbocycles. The predicted octanol–water partition coefficient (Wildman–Crippen LogP) is 2.00. The number of hydrogen-bond acceptors (Lipinski definition) is 6. The van der Waals surface area contributed by atoms with Crippen LogP contribution in [0, 0.1) is 0 Å². The summed E-state index contributed by atoms with van der Waals surface area (Å²) in [6.45, 7) is 1.61. The smallest absolute Gasteiger partial charge is 0.231 e. The van der Waals surface area contributed by atoms with Gasteiger partial charge in [0.2, 0.25) is 6.79 Å². The quantitative estimate of drug-likeness (QED) is 0.913. The average molecular weight is 291 g/mol. The number of likely N-dealkylation sites (N-methyl/N-ethyl adjacent to an activating group) is 1. The van der Waals surface area contributed by atoms with Crippen molar-refractivity contribution in [2.75, 3.05) is 20.4 Å². The van der Waals surface area contributed by atoms with Crippen molar-refractivity contribution in [3.8, 4) is 11.5 Å². The van der Waals surface area contributed by atoms with Gasteiger partial charge in [0.1, 0.15) is 0 Å². The second-order valence-corrected chi connectivity index (χ2v) is 5.48. The zero-order valence-electron chi connectivity index (χ0n) is 11.3. The van der Waals surface area contributed by atoms with Gasteiger partial charge in [-0.3, -0.25) is 4.90 Å². The van der Waals surface area contributed by atoms with Crippen molar-refractivity contribution in [3.05, 3.63) is 40.3 Å². The number of fused-ring (bicyclic) bond motifs is 1. The highest BCUT2D eigenvalue weighted by atomic mass is 32.1. The van der Waals surface area contributed by atoms with E-state index in [1.54, 1.807) is 11.3 Å². The third kappa shape index (κ3) is 2.63. The number of thiazole rings is 1. The first-order valence-corrected chi connectivity index (χ1v) is 7.39. The molecule has 5 nitrogen and oxygen atoms in total. The van der Waals surface area contributed by atoms with Crippen LogP contribution in [0.5, 0.6) is 11.5 Å². The molecule has 0 amide bonds. The Hall–Kier alpha value is -1.63. The van der Waals surface area contributed by atoms with E-state index in [0.29, 0.717) is 13.3 Å². The Morgan fingerprint density at radius 1 is 1.40 bits per heavy atom. The lowest BCUT2D eigenvalue weighted by Gasteiger charge is -2.26. The molecule has 0 aliphatic carbocycles. The fourth-order valence-corrected chi connectivity index (χ4v) is 2.92. The maximum atomic E-state index is 5.95. The van der Waals surface area contributed by atoms with Crippen LogP contribution in [-0.2, 0) is 6.54 Å². The van der Waals surface area contributed by atoms with Gasteiger partial charge in [-0.15, -0.1) is 11.3 Å². The van der Waals surface area contributed by atoms with Crippen molar-refractivity contribution in [1.82, 2.24) is 9.88 Å². The summed E-state index contributed by atoms with van der Waals surface area (Å²) in [5, 5.41) is 2.06. The molecule has 0 fully saturated rings. The van der Waals surface area contributed by atoms with Gasteiger partial charge in [0, 0.05) is 24.5 Å². The molecule has 20 heavy (non-hydrogen) atoms. The minimum atomic E-state index is 0.131. The highest BCUT2D eigenvalue weighted by Crippen LogP contribution is 2.35. The molecule has 1 unspecified atom stereocenters. The Morgan fingerprint density at radius 3 is 3.00 bits per heavy atom. The van der Waals surface area contributed by atoms with E-state index >= 15 is 0 Å². The Morgan fingerprint density at radius 2 is 2.25 bits per heavy atom. The minimum absolute atomic E-state index is 0.131. The largest absolute Gasteiger partial charge is 0.454 e. The summed E-state index contributed by atoms with van der Waals surface area (Å²) in [5.41, 5.74) is 10.00. The van der Waals surface area contributed by atoms with Crippen LogP contribution in [0.15, 0.2) is 29.1 Å². The molecule has 0 saturated heterocycles. The zero-order valence-corrected chi connectivity index (χ0v) is 12.1. The first-order chi connectivity index (χ1) is 9.78. The lowest BCUT2D eigenvalue weighted by atomic mass is 10.0. The highest BCUT2D eigenvalue weighted by molar-refractivity contribution is 7.07. The van der Waals surface area contributed by atoms with Crippen LogP contribution in [-0.4, -0.2) is 30.3 Å². The van der Waals surface area contributed by atoms with E-state index in [2.05, 4.69) is 22.3 Å². The molecule has 106 valence electrons. The summed E-state index contributed by atoms with van der Waals surface area (Å²) in [6, 6.07) is 6.13. The van der Waals surface area contributed by atoms with Gasteiger partial charge in [-0.25, -0.2) is 4.98 Å². The molecule has 1 aliphatic heterocycles. The molecule has 2 heterocycles. The van der Waals surface area contributed by atoms with E-state index in [1.807, 2.05) is 23.7 Å². The molecule has 0 bridgehead atoms. The zero-order chi connectivity index (χ0) is 13.9. The van der Waals surface area contributed by atoms with Gasteiger partial charge in [0.25, 0.3) is 0 Å². The third-order valence-electron chi connectivity index (χ3n) is 3.43. The molecule has 0 spiro atoms. The Kier molecular flexibility index (Phi) is 3.86. The monoisotopic (exact) mass is 291 g/mol. The van der Waals surface area contributed by atoms with E-state index < -0.39 is 0 Å². The lowest BCUT2D eigenvalue weighted by Crippen LogP contribution is -2.30. The number of ether oxygens (including phenoxy) is 2. The van der Waals surface area contributed by atoms with Gasteiger partial charge in [-0.05, 0) is 24.7 Å². The van der Waals surface area contributed by atoms with E-state index in [4.69, 9.17) is 15.2 Å². The Bertz CT molecular complexity index is 574.